The molecule has 7 rings (SSSR count). The van der Waals surface area contributed by atoms with Gasteiger partial charge in [0.25, 0.3) is 5.91 Å². The molecule has 0 aliphatic carbocycles. The predicted octanol–water partition coefficient (Wildman–Crippen LogP) is 9.92. The highest BCUT2D eigenvalue weighted by Gasteiger charge is 2.51. The van der Waals surface area contributed by atoms with Gasteiger partial charge in [0.05, 0.1) is 45.6 Å². The molecule has 4 aromatic carbocycles. The molecule has 4 amide bonds. The van der Waals surface area contributed by atoms with Crippen molar-refractivity contribution in [1.29, 1.82) is 5.26 Å². The smallest absolute Gasteiger partial charge is 0.417 e. The molecule has 0 spiro atoms. The number of amides is 4. The summed E-state index contributed by atoms with van der Waals surface area (Å²) in [6.07, 6.45) is -2.30. The molecule has 1 unspecified atom stereocenters. The van der Waals surface area contributed by atoms with Crippen LogP contribution in [0.15, 0.2) is 90.4 Å². The summed E-state index contributed by atoms with van der Waals surface area (Å²) in [5.41, 5.74) is 4.52. The van der Waals surface area contributed by atoms with Crippen LogP contribution in [0.4, 0.5) is 24.5 Å². The fourth-order valence-electron chi connectivity index (χ4n) is 8.94. The summed E-state index contributed by atoms with van der Waals surface area (Å²) in [5, 5.41) is 15.1. The number of ether oxygens (including phenoxy) is 2. The van der Waals surface area contributed by atoms with Crippen LogP contribution in [0.5, 0.6) is 5.75 Å². The van der Waals surface area contributed by atoms with Crippen molar-refractivity contribution >= 4 is 63.7 Å². The lowest BCUT2D eigenvalue weighted by Gasteiger charge is -2.35. The maximum absolute atomic E-state index is 14.0. The van der Waals surface area contributed by atoms with E-state index in [1.54, 1.807) is 53.2 Å². The number of likely N-dealkylation sites (tertiary alicyclic amines) is 1. The maximum atomic E-state index is 14.0. The van der Waals surface area contributed by atoms with Crippen LogP contribution in [0.25, 0.3) is 21.6 Å². The summed E-state index contributed by atoms with van der Waals surface area (Å²) in [4.78, 5) is 63.9. The zero-order valence-electron chi connectivity index (χ0n) is 41.3. The van der Waals surface area contributed by atoms with E-state index in [4.69, 9.17) is 21.7 Å². The fraction of sp³-hybridized carbons (Fsp3) is 0.389. The van der Waals surface area contributed by atoms with Gasteiger partial charge in [-0.1, -0.05) is 63.2 Å². The number of nitrogens with zero attached hydrogens (tertiary/aromatic N) is 5. The molecule has 1 aromatic heterocycles. The Morgan fingerprint density at radius 2 is 1.62 bits per heavy atom. The van der Waals surface area contributed by atoms with Gasteiger partial charge in [-0.25, -0.2) is 4.98 Å². The summed E-state index contributed by atoms with van der Waals surface area (Å²) >= 11 is 7.28. The molecular formula is C54H58F3N7O6S2. The van der Waals surface area contributed by atoms with E-state index in [1.165, 1.54) is 6.07 Å². The van der Waals surface area contributed by atoms with Crippen LogP contribution in [0.2, 0.25) is 0 Å². The third kappa shape index (κ3) is 11.8. The molecule has 0 bridgehead atoms. The average molecular weight is 1020 g/mol. The van der Waals surface area contributed by atoms with Crippen LogP contribution in [-0.4, -0.2) is 82.6 Å². The van der Waals surface area contributed by atoms with E-state index in [0.717, 1.165) is 55.4 Å². The zero-order chi connectivity index (χ0) is 52.1. The molecule has 2 aliphatic heterocycles. The topological polar surface area (TPSA) is 157 Å². The minimum atomic E-state index is -4.80. The molecule has 2 atom stereocenters. The van der Waals surface area contributed by atoms with E-state index in [0.29, 0.717) is 63.4 Å². The van der Waals surface area contributed by atoms with Gasteiger partial charge in [-0.2, -0.15) is 18.4 Å². The highest BCUT2D eigenvalue weighted by Crippen LogP contribution is 2.41. The molecule has 0 saturated carbocycles. The van der Waals surface area contributed by atoms with E-state index >= 15 is 0 Å². The first-order chi connectivity index (χ1) is 34.1. The van der Waals surface area contributed by atoms with Crippen molar-refractivity contribution in [2.75, 3.05) is 36.2 Å². The van der Waals surface area contributed by atoms with E-state index in [2.05, 4.69) is 15.6 Å². The van der Waals surface area contributed by atoms with Crippen molar-refractivity contribution in [3.8, 4) is 33.4 Å². The van der Waals surface area contributed by atoms with Crippen LogP contribution >= 0.6 is 23.6 Å². The SMILES string of the molecule is Cc1cc(OCCCCOCC(=O)NC(C(=O)N2CCC[C@H]2C(=O)NCc2ccc(-c3scnc3C)cc2)C(C)(C)C)ccc1-c1ccc(N2C(=S)N(c3ccc(C#N)c(C(F)(F)F)c3)C(=O)C2(C)C)cc1. The molecule has 5 aromatic rings. The Morgan fingerprint density at radius 3 is 2.26 bits per heavy atom. The van der Waals surface area contributed by atoms with Gasteiger partial charge in [-0.05, 0) is 141 Å². The number of halogens is 3. The number of nitriles is 1. The number of rotatable bonds is 17. The number of anilines is 2. The van der Waals surface area contributed by atoms with Gasteiger partial charge < -0.3 is 29.9 Å². The summed E-state index contributed by atoms with van der Waals surface area (Å²) in [7, 11) is 0. The lowest BCUT2D eigenvalue weighted by molar-refractivity contribution is -0.144. The molecule has 2 saturated heterocycles. The second-order valence-electron chi connectivity index (χ2n) is 19.5. The number of benzene rings is 4. The van der Waals surface area contributed by atoms with Gasteiger partial charge in [0.1, 0.15) is 30.0 Å². The van der Waals surface area contributed by atoms with Gasteiger partial charge >= 0.3 is 6.18 Å². The average Bonchev–Trinajstić information content (AvgIpc) is 4.05. The number of carbonyl (C=O) groups excluding carboxylic acids is 4. The lowest BCUT2D eigenvalue weighted by Crippen LogP contribution is -2.58. The molecule has 2 aliphatic rings. The van der Waals surface area contributed by atoms with Gasteiger partial charge in [-0.3, -0.25) is 24.1 Å². The number of unbranched alkanes of at least 4 members (excludes halogenated alkanes) is 1. The van der Waals surface area contributed by atoms with Crippen molar-refractivity contribution in [1.82, 2.24) is 20.5 Å². The number of nitrogens with one attached hydrogen (secondary N) is 2. The largest absolute Gasteiger partial charge is 0.494 e. The minimum absolute atomic E-state index is 0.0107. The molecule has 2 fully saturated rings. The molecule has 72 heavy (non-hydrogen) atoms. The highest BCUT2D eigenvalue weighted by molar-refractivity contribution is 7.81. The Morgan fingerprint density at radius 1 is 0.944 bits per heavy atom. The summed E-state index contributed by atoms with van der Waals surface area (Å²) < 4.78 is 53.1. The molecule has 378 valence electrons. The Balaban J connectivity index is 0.847. The van der Waals surface area contributed by atoms with Gasteiger partial charge in [0.15, 0.2) is 5.11 Å². The molecule has 18 heteroatoms. The van der Waals surface area contributed by atoms with Gasteiger partial charge in [0, 0.05) is 25.4 Å². The Kier molecular flexibility index (Phi) is 16.2. The van der Waals surface area contributed by atoms with Crippen molar-refractivity contribution in [2.45, 2.75) is 104 Å². The zero-order valence-corrected chi connectivity index (χ0v) is 42.9. The quantitative estimate of drug-likeness (QED) is 0.0679. The molecule has 0 radical (unpaired) electrons. The second-order valence-corrected chi connectivity index (χ2v) is 20.7. The van der Waals surface area contributed by atoms with Gasteiger partial charge in [0.2, 0.25) is 17.7 Å². The fourth-order valence-corrected chi connectivity index (χ4v) is 10.3. The highest BCUT2D eigenvalue weighted by atomic mass is 32.1. The van der Waals surface area contributed by atoms with E-state index in [-0.39, 0.29) is 29.2 Å². The van der Waals surface area contributed by atoms with Crippen molar-refractivity contribution < 1.29 is 41.8 Å². The number of hydrogen-bond donors (Lipinski definition) is 2. The second kappa shape index (κ2) is 22.0. The summed E-state index contributed by atoms with van der Waals surface area (Å²) in [5.74, 6) is -0.775. The first-order valence-electron chi connectivity index (χ1n) is 23.7. The van der Waals surface area contributed by atoms with Crippen LogP contribution in [-0.2, 0) is 36.6 Å². The Labute approximate surface area is 427 Å². The number of aryl methyl sites for hydroxylation is 2. The molecule has 3 heterocycles. The number of aromatic nitrogens is 1. The van der Waals surface area contributed by atoms with E-state index in [1.807, 2.05) is 94.7 Å². The number of alkyl halides is 3. The Bertz CT molecular complexity index is 2870. The van der Waals surface area contributed by atoms with Crippen LogP contribution in [0.3, 0.4) is 0 Å². The van der Waals surface area contributed by atoms with Crippen LogP contribution in [0, 0.1) is 30.6 Å². The number of thiazole rings is 1. The summed E-state index contributed by atoms with van der Waals surface area (Å²) in [6, 6.07) is 24.3. The number of hydrogen-bond acceptors (Lipinski definition) is 10. The number of thiocarbonyl (C=S) groups is 1. The van der Waals surface area contributed by atoms with Crippen LogP contribution < -0.4 is 25.2 Å². The monoisotopic (exact) mass is 1020 g/mol. The maximum Gasteiger partial charge on any atom is 0.417 e. The standard InChI is InChI=1S/C54H58F3N7O6S2/c1-33-27-41(22-23-42(33)36-16-19-39(20-17-36)64-51(71)63(50(68)53(64,6)7)40-21-18-38(29-58)43(28-40)54(55,56)57)70-26-9-8-25-69-31-45(65)61-47(52(3,4)5)49(67)62-24-10-11-44(62)48(66)59-30-35-12-14-37(15-13-35)46-34(2)60-32-72-46/h12-23,27-28,32,44,47H,8-11,24-26,30-31H2,1-7H3,(H,59,66)(H,61,65)/t44-,47?/m0/s1. The van der Waals surface area contributed by atoms with Crippen molar-refractivity contribution in [2.24, 2.45) is 5.41 Å². The molecular weight excluding hydrogens is 964 g/mol. The van der Waals surface area contributed by atoms with E-state index < -0.39 is 52.2 Å². The lowest BCUT2D eigenvalue weighted by atomic mass is 9.85. The van der Waals surface area contributed by atoms with Crippen LogP contribution in [0.1, 0.15) is 88.2 Å². The summed E-state index contributed by atoms with van der Waals surface area (Å²) in [6.45, 7) is 14.1. The minimum Gasteiger partial charge on any atom is -0.494 e. The van der Waals surface area contributed by atoms with E-state index in [9.17, 15) is 37.6 Å². The Hall–Kier alpha value is -6.68. The third-order valence-corrected chi connectivity index (χ3v) is 14.2. The van der Waals surface area contributed by atoms with Crippen molar-refractivity contribution in [3.05, 3.63) is 118 Å². The third-order valence-electron chi connectivity index (χ3n) is 12.9. The predicted molar refractivity (Wildman–Crippen MR) is 275 cm³/mol. The normalized spacial score (nSPS) is 16.2. The first-order valence-corrected chi connectivity index (χ1v) is 25.0. The van der Waals surface area contributed by atoms with Crippen molar-refractivity contribution in [3.63, 3.8) is 0 Å². The first kappa shape index (κ1) is 53.1. The molecule has 13 nitrogen and oxygen atoms in total. The molecule has 2 N–H and O–H groups in total. The number of carbonyl (C=O) groups is 4. The van der Waals surface area contributed by atoms with Gasteiger partial charge in [-0.15, -0.1) is 11.3 Å².